The third-order valence-corrected chi connectivity index (χ3v) is 3.82. The van der Waals surface area contributed by atoms with E-state index in [2.05, 4.69) is 10.1 Å². The Morgan fingerprint density at radius 3 is 2.76 bits per heavy atom. The summed E-state index contributed by atoms with van der Waals surface area (Å²) in [6.45, 7) is 2.49. The van der Waals surface area contributed by atoms with Crippen molar-refractivity contribution in [3.05, 3.63) is 46.1 Å². The standard InChI is InChI=1S/C13H15N3O4S/c1-9(13-14-12(15-20-13)7-8-19-2)21-11-5-3-10(4-6-11)16(17)18/h3-6,9H,7-8H2,1-2H3/t9-/m1/s1. The molecule has 8 heteroatoms. The number of methoxy groups -OCH3 is 1. The van der Waals surface area contributed by atoms with Gasteiger partial charge in [0.1, 0.15) is 0 Å². The molecule has 1 heterocycles. The number of nitrogens with zero attached hydrogens (tertiary/aromatic N) is 3. The van der Waals surface area contributed by atoms with Crippen molar-refractivity contribution in [2.45, 2.75) is 23.5 Å². The first kappa shape index (κ1) is 15.5. The third kappa shape index (κ3) is 4.27. The molecule has 0 aliphatic rings. The Hall–Kier alpha value is -1.93. The van der Waals surface area contributed by atoms with Crippen molar-refractivity contribution in [3.63, 3.8) is 0 Å². The summed E-state index contributed by atoms with van der Waals surface area (Å²) in [5, 5.41) is 14.5. The van der Waals surface area contributed by atoms with Crippen molar-refractivity contribution in [2.75, 3.05) is 13.7 Å². The molecule has 0 amide bonds. The molecule has 2 aromatic rings. The Labute approximate surface area is 125 Å². The highest BCUT2D eigenvalue weighted by molar-refractivity contribution is 7.99. The molecule has 0 bridgehead atoms. The second-order valence-electron chi connectivity index (χ2n) is 4.30. The summed E-state index contributed by atoms with van der Waals surface area (Å²) in [6.07, 6.45) is 0.606. The number of ether oxygens (including phenoxy) is 1. The van der Waals surface area contributed by atoms with Gasteiger partial charge >= 0.3 is 0 Å². The Kier molecular flexibility index (Phi) is 5.29. The lowest BCUT2D eigenvalue weighted by molar-refractivity contribution is -0.384. The van der Waals surface area contributed by atoms with Crippen LogP contribution in [-0.2, 0) is 11.2 Å². The van der Waals surface area contributed by atoms with Crippen LogP contribution in [0, 0.1) is 10.1 Å². The Morgan fingerprint density at radius 1 is 1.43 bits per heavy atom. The summed E-state index contributed by atoms with van der Waals surface area (Å²) in [4.78, 5) is 15.4. The Bertz CT molecular complexity index is 600. The number of benzene rings is 1. The number of hydrogen-bond acceptors (Lipinski definition) is 7. The molecular formula is C13H15N3O4S. The van der Waals surface area contributed by atoms with Crippen LogP contribution in [-0.4, -0.2) is 28.8 Å². The lowest BCUT2D eigenvalue weighted by atomic mass is 10.3. The van der Waals surface area contributed by atoms with Crippen molar-refractivity contribution in [1.29, 1.82) is 0 Å². The third-order valence-electron chi connectivity index (χ3n) is 2.72. The first-order chi connectivity index (χ1) is 10.1. The topological polar surface area (TPSA) is 91.3 Å². The van der Waals surface area contributed by atoms with Crippen LogP contribution >= 0.6 is 11.8 Å². The van der Waals surface area contributed by atoms with Crippen LogP contribution in [0.3, 0.4) is 0 Å². The van der Waals surface area contributed by atoms with E-state index < -0.39 is 4.92 Å². The van der Waals surface area contributed by atoms with Gasteiger partial charge in [0.25, 0.3) is 5.69 Å². The first-order valence-corrected chi connectivity index (χ1v) is 7.20. The molecule has 1 aromatic heterocycles. The normalized spacial score (nSPS) is 12.3. The first-order valence-electron chi connectivity index (χ1n) is 6.32. The fourth-order valence-corrected chi connectivity index (χ4v) is 2.53. The average molecular weight is 309 g/mol. The highest BCUT2D eigenvalue weighted by Crippen LogP contribution is 2.34. The zero-order valence-electron chi connectivity index (χ0n) is 11.7. The molecule has 1 atom stereocenters. The second-order valence-corrected chi connectivity index (χ2v) is 5.72. The summed E-state index contributed by atoms with van der Waals surface area (Å²) in [5.41, 5.74) is 0.0756. The zero-order chi connectivity index (χ0) is 15.2. The largest absolute Gasteiger partial charge is 0.384 e. The lowest BCUT2D eigenvalue weighted by Crippen LogP contribution is -1.97. The minimum Gasteiger partial charge on any atom is -0.384 e. The molecule has 0 aliphatic heterocycles. The molecule has 21 heavy (non-hydrogen) atoms. The molecule has 0 spiro atoms. The van der Waals surface area contributed by atoms with E-state index in [-0.39, 0.29) is 10.9 Å². The number of aromatic nitrogens is 2. The van der Waals surface area contributed by atoms with Gasteiger partial charge in [-0.05, 0) is 19.1 Å². The predicted octanol–water partition coefficient (Wildman–Crippen LogP) is 3.02. The number of nitro benzene ring substituents is 1. The summed E-state index contributed by atoms with van der Waals surface area (Å²) in [7, 11) is 1.62. The number of nitro groups is 1. The van der Waals surface area contributed by atoms with E-state index in [0.29, 0.717) is 24.7 Å². The highest BCUT2D eigenvalue weighted by atomic mass is 32.2. The fourth-order valence-electron chi connectivity index (χ4n) is 1.63. The van der Waals surface area contributed by atoms with Gasteiger partial charge < -0.3 is 9.26 Å². The van der Waals surface area contributed by atoms with E-state index in [1.807, 2.05) is 6.92 Å². The van der Waals surface area contributed by atoms with Crippen molar-refractivity contribution >= 4 is 17.4 Å². The fraction of sp³-hybridized carbons (Fsp3) is 0.385. The maximum atomic E-state index is 10.6. The van der Waals surface area contributed by atoms with Crippen molar-refractivity contribution < 1.29 is 14.2 Å². The minimum absolute atomic E-state index is 0.0322. The van der Waals surface area contributed by atoms with Gasteiger partial charge in [0.15, 0.2) is 5.82 Å². The van der Waals surface area contributed by atoms with Gasteiger partial charge in [0.2, 0.25) is 5.89 Å². The molecule has 1 aromatic carbocycles. The second kappa shape index (κ2) is 7.19. The molecule has 2 rings (SSSR count). The van der Waals surface area contributed by atoms with E-state index in [9.17, 15) is 10.1 Å². The summed E-state index contributed by atoms with van der Waals surface area (Å²) in [5.74, 6) is 1.15. The maximum absolute atomic E-state index is 10.6. The smallest absolute Gasteiger partial charge is 0.269 e. The van der Waals surface area contributed by atoms with Crippen LogP contribution in [0.4, 0.5) is 5.69 Å². The van der Waals surface area contributed by atoms with Gasteiger partial charge in [-0.2, -0.15) is 4.98 Å². The van der Waals surface area contributed by atoms with Gasteiger partial charge in [0, 0.05) is 30.6 Å². The van der Waals surface area contributed by atoms with Gasteiger partial charge in [-0.3, -0.25) is 10.1 Å². The molecule has 0 aliphatic carbocycles. The van der Waals surface area contributed by atoms with Crippen LogP contribution in [0.25, 0.3) is 0 Å². The van der Waals surface area contributed by atoms with E-state index in [4.69, 9.17) is 9.26 Å². The lowest BCUT2D eigenvalue weighted by Gasteiger charge is -2.05. The Balaban J connectivity index is 1.98. The van der Waals surface area contributed by atoms with Crippen molar-refractivity contribution in [1.82, 2.24) is 10.1 Å². The number of thioether (sulfide) groups is 1. The molecule has 0 radical (unpaired) electrons. The van der Waals surface area contributed by atoms with Crippen molar-refractivity contribution in [2.24, 2.45) is 0 Å². The molecule has 0 saturated heterocycles. The van der Waals surface area contributed by atoms with Gasteiger partial charge in [-0.25, -0.2) is 0 Å². The quantitative estimate of drug-likeness (QED) is 0.441. The van der Waals surface area contributed by atoms with E-state index in [0.717, 1.165) is 4.90 Å². The average Bonchev–Trinajstić information content (AvgIpc) is 2.94. The number of hydrogen-bond donors (Lipinski definition) is 0. The Morgan fingerprint density at radius 2 is 2.14 bits per heavy atom. The van der Waals surface area contributed by atoms with Crippen LogP contribution in [0.2, 0.25) is 0 Å². The summed E-state index contributed by atoms with van der Waals surface area (Å²) in [6, 6.07) is 6.38. The molecule has 112 valence electrons. The summed E-state index contributed by atoms with van der Waals surface area (Å²) >= 11 is 1.50. The van der Waals surface area contributed by atoms with Gasteiger partial charge in [-0.1, -0.05) is 5.16 Å². The van der Waals surface area contributed by atoms with Crippen LogP contribution in [0.5, 0.6) is 0 Å². The van der Waals surface area contributed by atoms with E-state index in [1.165, 1.54) is 23.9 Å². The monoisotopic (exact) mass is 309 g/mol. The van der Waals surface area contributed by atoms with Crippen LogP contribution < -0.4 is 0 Å². The molecular weight excluding hydrogens is 294 g/mol. The molecule has 0 saturated carbocycles. The van der Waals surface area contributed by atoms with Crippen molar-refractivity contribution in [3.8, 4) is 0 Å². The molecule has 0 fully saturated rings. The minimum atomic E-state index is -0.419. The zero-order valence-corrected chi connectivity index (χ0v) is 12.5. The summed E-state index contributed by atoms with van der Waals surface area (Å²) < 4.78 is 10.2. The van der Waals surface area contributed by atoms with Gasteiger partial charge in [0.05, 0.1) is 16.8 Å². The van der Waals surface area contributed by atoms with Gasteiger partial charge in [-0.15, -0.1) is 11.8 Å². The van der Waals surface area contributed by atoms with Crippen LogP contribution in [0.15, 0.2) is 33.7 Å². The van der Waals surface area contributed by atoms with E-state index >= 15 is 0 Å². The molecule has 0 N–H and O–H groups in total. The van der Waals surface area contributed by atoms with Crippen LogP contribution in [0.1, 0.15) is 23.9 Å². The SMILES string of the molecule is COCCc1noc([C@@H](C)Sc2ccc([N+](=O)[O-])cc2)n1. The van der Waals surface area contributed by atoms with E-state index in [1.54, 1.807) is 19.2 Å². The highest BCUT2D eigenvalue weighted by Gasteiger charge is 2.16. The number of rotatable bonds is 7. The number of non-ortho nitro benzene ring substituents is 1. The predicted molar refractivity (Wildman–Crippen MR) is 77.2 cm³/mol. The molecule has 0 unspecified atom stereocenters. The maximum Gasteiger partial charge on any atom is 0.269 e. The molecule has 7 nitrogen and oxygen atoms in total.